The number of rotatable bonds is 4. The van der Waals surface area contributed by atoms with Gasteiger partial charge in [-0.2, -0.15) is 0 Å². The molecular formula is C16H17FO3P-. The van der Waals surface area contributed by atoms with Crippen LogP contribution in [0.3, 0.4) is 0 Å². The summed E-state index contributed by atoms with van der Waals surface area (Å²) in [7, 11) is -2.28. The Morgan fingerprint density at radius 2 is 1.62 bits per heavy atom. The van der Waals surface area contributed by atoms with Crippen molar-refractivity contribution in [3.63, 3.8) is 0 Å². The Kier molecular flexibility index (Phi) is 4.94. The lowest BCUT2D eigenvalue weighted by Crippen LogP contribution is -2.21. The van der Waals surface area contributed by atoms with Crippen LogP contribution in [0.1, 0.15) is 20.8 Å². The summed E-state index contributed by atoms with van der Waals surface area (Å²) in [4.78, 5) is 11.9. The molecule has 21 heavy (non-hydrogen) atoms. The fraction of sp³-hybridized carbons (Fsp3) is 0.250. The van der Waals surface area contributed by atoms with E-state index in [-0.39, 0.29) is 5.82 Å². The van der Waals surface area contributed by atoms with E-state index in [0.29, 0.717) is 5.75 Å². The Balaban J connectivity index is 2.23. The van der Waals surface area contributed by atoms with E-state index in [1.165, 1.54) is 12.1 Å². The van der Waals surface area contributed by atoms with Crippen molar-refractivity contribution >= 4 is 8.60 Å². The fourth-order valence-corrected chi connectivity index (χ4v) is 2.54. The number of halogens is 1. The van der Waals surface area contributed by atoms with Gasteiger partial charge in [0.2, 0.25) is 0 Å². The first-order valence-corrected chi connectivity index (χ1v) is 7.64. The van der Waals surface area contributed by atoms with Gasteiger partial charge in [-0.3, -0.25) is 0 Å². The standard InChI is InChI=1S/C16H17FO3P/c1-16(2,3)20-21(18)19-15-7-5-4-6-14(15)12-8-10-13(17)11-9-12/h4-11H,1-3H3/q-1. The monoisotopic (exact) mass is 307 g/mol. The van der Waals surface area contributed by atoms with Crippen LogP contribution in [0.15, 0.2) is 48.5 Å². The van der Waals surface area contributed by atoms with Gasteiger partial charge in [-0.25, -0.2) is 4.39 Å². The average Bonchev–Trinajstić information content (AvgIpc) is 2.38. The van der Waals surface area contributed by atoms with Gasteiger partial charge < -0.3 is 13.9 Å². The number of benzene rings is 2. The van der Waals surface area contributed by atoms with Crippen LogP contribution in [0, 0.1) is 5.82 Å². The quantitative estimate of drug-likeness (QED) is 0.792. The van der Waals surface area contributed by atoms with E-state index in [2.05, 4.69) is 0 Å². The maximum atomic E-state index is 13.0. The number of hydrogen-bond acceptors (Lipinski definition) is 3. The smallest absolute Gasteiger partial charge is 0.148 e. The molecule has 2 aromatic rings. The van der Waals surface area contributed by atoms with Crippen molar-refractivity contribution in [2.45, 2.75) is 26.4 Å². The van der Waals surface area contributed by atoms with E-state index in [1.54, 1.807) is 45.0 Å². The van der Waals surface area contributed by atoms with Crippen molar-refractivity contribution in [3.8, 4) is 16.9 Å². The molecule has 1 atom stereocenters. The fourth-order valence-electron chi connectivity index (χ4n) is 1.74. The summed E-state index contributed by atoms with van der Waals surface area (Å²) in [5.41, 5.74) is 0.961. The molecule has 5 heteroatoms. The molecule has 0 aromatic heterocycles. The molecule has 0 saturated carbocycles. The summed E-state index contributed by atoms with van der Waals surface area (Å²) in [5, 5.41) is 0. The zero-order chi connectivity index (χ0) is 15.5. The van der Waals surface area contributed by atoms with Gasteiger partial charge in [0, 0.05) is 5.56 Å². The van der Waals surface area contributed by atoms with Crippen LogP contribution in [-0.2, 0) is 4.52 Å². The third-order valence-corrected chi connectivity index (χ3v) is 3.61. The molecule has 0 aliphatic rings. The third-order valence-electron chi connectivity index (χ3n) is 2.56. The van der Waals surface area contributed by atoms with Gasteiger partial charge >= 0.3 is 0 Å². The first-order valence-electron chi connectivity index (χ1n) is 6.54. The van der Waals surface area contributed by atoms with E-state index >= 15 is 0 Å². The molecular weight excluding hydrogens is 290 g/mol. The van der Waals surface area contributed by atoms with E-state index in [4.69, 9.17) is 9.05 Å². The summed E-state index contributed by atoms with van der Waals surface area (Å²) in [6, 6.07) is 13.2. The Morgan fingerprint density at radius 3 is 2.24 bits per heavy atom. The minimum Gasteiger partial charge on any atom is -0.776 e. The maximum absolute atomic E-state index is 13.0. The van der Waals surface area contributed by atoms with Gasteiger partial charge in [-0.05, 0) is 44.5 Å². The lowest BCUT2D eigenvalue weighted by molar-refractivity contribution is -0.204. The Labute approximate surface area is 125 Å². The second-order valence-electron chi connectivity index (χ2n) is 5.52. The number of hydrogen-bond donors (Lipinski definition) is 0. The van der Waals surface area contributed by atoms with E-state index < -0.39 is 14.2 Å². The molecule has 0 amide bonds. The predicted octanol–water partition coefficient (Wildman–Crippen LogP) is 4.27. The first-order chi connectivity index (χ1) is 9.85. The van der Waals surface area contributed by atoms with Crippen molar-refractivity contribution in [3.05, 3.63) is 54.3 Å². The molecule has 0 radical (unpaired) electrons. The van der Waals surface area contributed by atoms with E-state index in [9.17, 15) is 9.28 Å². The van der Waals surface area contributed by atoms with Gasteiger partial charge in [0.15, 0.2) is 0 Å². The highest BCUT2D eigenvalue weighted by Gasteiger charge is 2.15. The maximum Gasteiger partial charge on any atom is 0.148 e. The summed E-state index contributed by atoms with van der Waals surface area (Å²) in [5.74, 6) is 0.133. The van der Waals surface area contributed by atoms with E-state index in [1.807, 2.05) is 12.1 Å². The molecule has 112 valence electrons. The topological polar surface area (TPSA) is 41.5 Å². The van der Waals surface area contributed by atoms with Crippen molar-refractivity contribution in [1.29, 1.82) is 0 Å². The molecule has 2 rings (SSSR count). The largest absolute Gasteiger partial charge is 0.776 e. The third kappa shape index (κ3) is 4.78. The Bertz CT molecular complexity index is 593. The van der Waals surface area contributed by atoms with Gasteiger partial charge in [-0.15, -0.1) is 0 Å². The summed E-state index contributed by atoms with van der Waals surface area (Å²) in [6.45, 7) is 5.40. The summed E-state index contributed by atoms with van der Waals surface area (Å²) >= 11 is 0. The molecule has 1 unspecified atom stereocenters. The van der Waals surface area contributed by atoms with Crippen LogP contribution in [0.4, 0.5) is 4.39 Å². The minimum absolute atomic E-state index is 0.306. The molecule has 0 aliphatic heterocycles. The number of para-hydroxylation sites is 1. The van der Waals surface area contributed by atoms with Crippen LogP contribution in [0.2, 0.25) is 0 Å². The van der Waals surface area contributed by atoms with Crippen LogP contribution < -0.4 is 9.42 Å². The van der Waals surface area contributed by atoms with Gasteiger partial charge in [-0.1, -0.05) is 30.3 Å². The Morgan fingerprint density at radius 1 is 1.00 bits per heavy atom. The SMILES string of the molecule is CC(C)(C)OP([O-])Oc1ccccc1-c1ccc(F)cc1. The average molecular weight is 307 g/mol. The second-order valence-corrected chi connectivity index (χ2v) is 6.33. The van der Waals surface area contributed by atoms with Gasteiger partial charge in [0.25, 0.3) is 0 Å². The summed E-state index contributed by atoms with van der Waals surface area (Å²) in [6.07, 6.45) is 0. The molecule has 0 spiro atoms. The van der Waals surface area contributed by atoms with Gasteiger partial charge in [0.1, 0.15) is 20.2 Å². The van der Waals surface area contributed by atoms with Crippen LogP contribution in [0.25, 0.3) is 11.1 Å². The molecule has 0 heterocycles. The van der Waals surface area contributed by atoms with Gasteiger partial charge in [0.05, 0.1) is 5.60 Å². The molecule has 0 aliphatic carbocycles. The van der Waals surface area contributed by atoms with Crippen LogP contribution in [0.5, 0.6) is 5.75 Å². The van der Waals surface area contributed by atoms with Crippen molar-refractivity contribution < 1.29 is 18.3 Å². The van der Waals surface area contributed by atoms with Crippen LogP contribution >= 0.6 is 8.60 Å². The molecule has 2 aromatic carbocycles. The second kappa shape index (κ2) is 6.52. The normalized spacial score (nSPS) is 13.0. The molecule has 0 fully saturated rings. The van der Waals surface area contributed by atoms with E-state index in [0.717, 1.165) is 11.1 Å². The minimum atomic E-state index is -2.28. The zero-order valence-electron chi connectivity index (χ0n) is 12.2. The van der Waals surface area contributed by atoms with Crippen molar-refractivity contribution in [2.75, 3.05) is 0 Å². The highest BCUT2D eigenvalue weighted by molar-refractivity contribution is 7.39. The van der Waals surface area contributed by atoms with Crippen LogP contribution in [-0.4, -0.2) is 5.60 Å². The summed E-state index contributed by atoms with van der Waals surface area (Å²) < 4.78 is 23.7. The van der Waals surface area contributed by atoms with Crippen molar-refractivity contribution in [1.82, 2.24) is 0 Å². The molecule has 0 N–H and O–H groups in total. The first kappa shape index (κ1) is 15.9. The molecule has 0 bridgehead atoms. The molecule has 3 nitrogen and oxygen atoms in total. The Hall–Kier alpha value is -1.48. The lowest BCUT2D eigenvalue weighted by Gasteiger charge is -2.30. The lowest BCUT2D eigenvalue weighted by atomic mass is 10.1. The zero-order valence-corrected chi connectivity index (χ0v) is 13.1. The predicted molar refractivity (Wildman–Crippen MR) is 80.2 cm³/mol. The molecule has 0 saturated heterocycles. The highest BCUT2D eigenvalue weighted by atomic mass is 31.2. The van der Waals surface area contributed by atoms with Crippen molar-refractivity contribution in [2.24, 2.45) is 0 Å². The highest BCUT2D eigenvalue weighted by Crippen LogP contribution is 2.40.